The molecule has 0 saturated heterocycles. The van der Waals surface area contributed by atoms with Crippen molar-refractivity contribution < 1.29 is 0 Å². The van der Waals surface area contributed by atoms with Crippen LogP contribution in [0.2, 0.25) is 0 Å². The van der Waals surface area contributed by atoms with E-state index < -0.39 is 0 Å². The lowest BCUT2D eigenvalue weighted by Crippen LogP contribution is -2.13. The quantitative estimate of drug-likeness (QED) is 0.504. The number of nitrogens with zero attached hydrogens (tertiary/aromatic N) is 2. The molecule has 0 spiro atoms. The molecule has 0 aliphatic carbocycles. The van der Waals surface area contributed by atoms with E-state index in [-0.39, 0.29) is 5.43 Å². The molecule has 0 aliphatic heterocycles. The summed E-state index contributed by atoms with van der Waals surface area (Å²) in [4.78, 5) is 14.7. The molecule has 128 valence electrons. The fourth-order valence-electron chi connectivity index (χ4n) is 3.38. The molecule has 0 saturated carbocycles. The zero-order valence-electron chi connectivity index (χ0n) is 14.9. The van der Waals surface area contributed by atoms with Gasteiger partial charge in [0, 0.05) is 41.3 Å². The summed E-state index contributed by atoms with van der Waals surface area (Å²) in [6.07, 6.45) is 1.89. The van der Waals surface area contributed by atoms with Gasteiger partial charge in [-0.05, 0) is 49.4 Å². The number of hydrogen-bond acceptors (Lipinski definition) is 2. The minimum Gasteiger partial charge on any atom is -0.350 e. The molecule has 0 aliphatic rings. The van der Waals surface area contributed by atoms with Gasteiger partial charge in [-0.2, -0.15) is 0 Å². The average molecular weight is 340 g/mol. The fourth-order valence-corrected chi connectivity index (χ4v) is 3.38. The van der Waals surface area contributed by atoms with E-state index in [2.05, 4.69) is 35.2 Å². The van der Waals surface area contributed by atoms with Crippen molar-refractivity contribution in [3.05, 3.63) is 101 Å². The Morgan fingerprint density at radius 2 is 1.35 bits per heavy atom. The summed E-state index contributed by atoms with van der Waals surface area (Å²) in [5, 5.41) is 0.748. The molecule has 3 heteroatoms. The first kappa shape index (κ1) is 16.2. The van der Waals surface area contributed by atoms with Crippen LogP contribution in [0.15, 0.2) is 89.9 Å². The third-order valence-electron chi connectivity index (χ3n) is 4.64. The molecular weight excluding hydrogens is 320 g/mol. The highest BCUT2D eigenvalue weighted by molar-refractivity contribution is 5.87. The van der Waals surface area contributed by atoms with Gasteiger partial charge in [-0.15, -0.1) is 0 Å². The number of aromatic nitrogens is 1. The normalized spacial score (nSPS) is 10.8. The van der Waals surface area contributed by atoms with Gasteiger partial charge < -0.3 is 9.47 Å². The number of pyridine rings is 1. The number of para-hydroxylation sites is 2. The average Bonchev–Trinajstić information content (AvgIpc) is 2.68. The van der Waals surface area contributed by atoms with Crippen molar-refractivity contribution in [2.24, 2.45) is 7.05 Å². The Labute approximate surface area is 152 Å². The van der Waals surface area contributed by atoms with Gasteiger partial charge in [0.2, 0.25) is 0 Å². The Kier molecular flexibility index (Phi) is 4.05. The Morgan fingerprint density at radius 3 is 1.92 bits per heavy atom. The predicted molar refractivity (Wildman–Crippen MR) is 109 cm³/mol. The summed E-state index contributed by atoms with van der Waals surface area (Å²) in [6.45, 7) is 1.86. The van der Waals surface area contributed by atoms with E-state index >= 15 is 0 Å². The van der Waals surface area contributed by atoms with Crippen LogP contribution in [0.25, 0.3) is 10.9 Å². The second-order valence-corrected chi connectivity index (χ2v) is 6.46. The molecule has 1 heterocycles. The monoisotopic (exact) mass is 340 g/mol. The van der Waals surface area contributed by atoms with Crippen molar-refractivity contribution in [2.75, 3.05) is 4.90 Å². The molecule has 26 heavy (non-hydrogen) atoms. The minimum absolute atomic E-state index is 0.0932. The molecule has 0 N–H and O–H groups in total. The van der Waals surface area contributed by atoms with Crippen molar-refractivity contribution in [3.63, 3.8) is 0 Å². The third-order valence-corrected chi connectivity index (χ3v) is 4.64. The SMILES string of the molecule is Cc1cn(C)c2cc(N(c3ccccc3)c3ccccc3)ccc2c1=O. The van der Waals surface area contributed by atoms with E-state index in [1.165, 1.54) is 0 Å². The number of aryl methyl sites for hydroxylation is 2. The molecule has 0 bridgehead atoms. The zero-order chi connectivity index (χ0) is 18.1. The van der Waals surface area contributed by atoms with Gasteiger partial charge in [0.15, 0.2) is 5.43 Å². The number of rotatable bonds is 3. The van der Waals surface area contributed by atoms with E-state index in [1.54, 1.807) is 0 Å². The van der Waals surface area contributed by atoms with Crippen LogP contribution >= 0.6 is 0 Å². The Balaban J connectivity index is 1.96. The molecule has 3 aromatic carbocycles. The number of anilines is 3. The first-order valence-corrected chi connectivity index (χ1v) is 8.65. The van der Waals surface area contributed by atoms with Crippen molar-refractivity contribution in [2.45, 2.75) is 6.92 Å². The summed E-state index contributed by atoms with van der Waals surface area (Å²) in [5.74, 6) is 0. The van der Waals surface area contributed by atoms with E-state index in [0.717, 1.165) is 33.5 Å². The lowest BCUT2D eigenvalue weighted by Gasteiger charge is -2.26. The molecular formula is C23H20N2O. The van der Waals surface area contributed by atoms with Gasteiger partial charge in [-0.3, -0.25) is 4.79 Å². The number of benzene rings is 3. The molecule has 4 rings (SSSR count). The van der Waals surface area contributed by atoms with Gasteiger partial charge in [-0.1, -0.05) is 36.4 Å². The fraction of sp³-hybridized carbons (Fsp3) is 0.0870. The zero-order valence-corrected chi connectivity index (χ0v) is 14.9. The third kappa shape index (κ3) is 2.78. The summed E-state index contributed by atoms with van der Waals surface area (Å²) >= 11 is 0. The molecule has 0 amide bonds. The summed E-state index contributed by atoms with van der Waals surface area (Å²) < 4.78 is 2.02. The van der Waals surface area contributed by atoms with Crippen molar-refractivity contribution in [1.29, 1.82) is 0 Å². The smallest absolute Gasteiger partial charge is 0.192 e. The number of hydrogen-bond donors (Lipinski definition) is 0. The second-order valence-electron chi connectivity index (χ2n) is 6.46. The molecule has 3 nitrogen and oxygen atoms in total. The minimum atomic E-state index is 0.0932. The van der Waals surface area contributed by atoms with Crippen LogP contribution in [0.3, 0.4) is 0 Å². The Hall–Kier alpha value is -3.33. The highest BCUT2D eigenvalue weighted by Crippen LogP contribution is 2.35. The molecule has 0 fully saturated rings. The Morgan fingerprint density at radius 1 is 0.769 bits per heavy atom. The van der Waals surface area contributed by atoms with Gasteiger partial charge in [0.25, 0.3) is 0 Å². The van der Waals surface area contributed by atoms with E-state index in [4.69, 9.17) is 0 Å². The molecule has 0 atom stereocenters. The van der Waals surface area contributed by atoms with Crippen LogP contribution in [0.5, 0.6) is 0 Å². The maximum Gasteiger partial charge on any atom is 0.192 e. The van der Waals surface area contributed by atoms with E-state index in [9.17, 15) is 4.79 Å². The highest BCUT2D eigenvalue weighted by atomic mass is 16.1. The van der Waals surface area contributed by atoms with Gasteiger partial charge in [-0.25, -0.2) is 0 Å². The molecule has 4 aromatic rings. The van der Waals surface area contributed by atoms with Crippen LogP contribution in [-0.4, -0.2) is 4.57 Å². The second kappa shape index (κ2) is 6.52. The number of fused-ring (bicyclic) bond motifs is 1. The molecule has 1 aromatic heterocycles. The predicted octanol–water partition coefficient (Wildman–Crippen LogP) is 5.32. The summed E-state index contributed by atoms with van der Waals surface area (Å²) in [6, 6.07) is 26.5. The maximum absolute atomic E-state index is 12.5. The highest BCUT2D eigenvalue weighted by Gasteiger charge is 2.14. The summed E-state index contributed by atoms with van der Waals surface area (Å²) in [5.41, 5.74) is 4.96. The van der Waals surface area contributed by atoms with Crippen LogP contribution in [0.1, 0.15) is 5.56 Å². The van der Waals surface area contributed by atoms with Crippen molar-refractivity contribution in [1.82, 2.24) is 4.57 Å². The lowest BCUT2D eigenvalue weighted by atomic mass is 10.1. The van der Waals surface area contributed by atoms with Gasteiger partial charge >= 0.3 is 0 Å². The van der Waals surface area contributed by atoms with E-state index in [0.29, 0.717) is 0 Å². The molecule has 0 radical (unpaired) electrons. The largest absolute Gasteiger partial charge is 0.350 e. The van der Waals surface area contributed by atoms with Crippen LogP contribution in [0.4, 0.5) is 17.1 Å². The van der Waals surface area contributed by atoms with E-state index in [1.807, 2.05) is 73.3 Å². The van der Waals surface area contributed by atoms with Crippen LogP contribution in [-0.2, 0) is 7.05 Å². The molecule has 0 unspecified atom stereocenters. The van der Waals surface area contributed by atoms with Crippen molar-refractivity contribution >= 4 is 28.0 Å². The summed E-state index contributed by atoms with van der Waals surface area (Å²) in [7, 11) is 1.98. The van der Waals surface area contributed by atoms with Gasteiger partial charge in [0.1, 0.15) is 0 Å². The topological polar surface area (TPSA) is 25.2 Å². The standard InChI is InChI=1S/C23H20N2O/c1-17-16-24(2)22-15-20(13-14-21(22)23(17)26)25(18-9-5-3-6-10-18)19-11-7-4-8-12-19/h3-16H,1-2H3. The van der Waals surface area contributed by atoms with Gasteiger partial charge in [0.05, 0.1) is 5.52 Å². The lowest BCUT2D eigenvalue weighted by molar-refractivity contribution is 0.938. The first-order valence-electron chi connectivity index (χ1n) is 8.65. The van der Waals surface area contributed by atoms with Crippen LogP contribution < -0.4 is 10.3 Å². The maximum atomic E-state index is 12.5. The first-order chi connectivity index (χ1) is 12.6. The van der Waals surface area contributed by atoms with Crippen LogP contribution in [0, 0.1) is 6.92 Å². The van der Waals surface area contributed by atoms with Crippen molar-refractivity contribution in [3.8, 4) is 0 Å². The Bertz CT molecular complexity index is 1080.